The number of rotatable bonds is 0. The van der Waals surface area contributed by atoms with Crippen molar-refractivity contribution in [1.82, 2.24) is 0 Å². The van der Waals surface area contributed by atoms with Crippen LogP contribution in [0, 0.1) is 0 Å². The molecular weight excluding hydrogens is 536 g/mol. The van der Waals surface area contributed by atoms with Crippen LogP contribution >= 0.6 is 38.9 Å². The second-order valence-corrected chi connectivity index (χ2v) is 11.4. The number of hydrogen-bond acceptors (Lipinski definition) is 2. The Labute approximate surface area is 219 Å². The van der Waals surface area contributed by atoms with E-state index in [9.17, 15) is 0 Å². The van der Waals surface area contributed by atoms with Gasteiger partial charge in [-0.15, -0.1) is 11.3 Å². The van der Waals surface area contributed by atoms with Crippen molar-refractivity contribution in [2.24, 2.45) is 0 Å². The van der Waals surface area contributed by atoms with Crippen LogP contribution in [-0.4, -0.2) is 0 Å². The van der Waals surface area contributed by atoms with Crippen LogP contribution in [0.4, 0.5) is 0 Å². The predicted molar refractivity (Wildman–Crippen MR) is 149 cm³/mol. The van der Waals surface area contributed by atoms with E-state index in [1.54, 1.807) is 11.3 Å². The van der Waals surface area contributed by atoms with Crippen LogP contribution in [0.2, 0.25) is 5.02 Å². The van der Waals surface area contributed by atoms with Crippen LogP contribution in [0.3, 0.4) is 0 Å². The Morgan fingerprint density at radius 1 is 0.657 bits per heavy atom. The Morgan fingerprint density at radius 2 is 1.34 bits per heavy atom. The zero-order valence-electron chi connectivity index (χ0n) is 18.3. The fourth-order valence-electron chi connectivity index (χ4n) is 6.23. The van der Waals surface area contributed by atoms with Crippen LogP contribution in [0.1, 0.15) is 22.3 Å². The largest absolute Gasteiger partial charge is 0.456 e. The van der Waals surface area contributed by atoms with Crippen molar-refractivity contribution < 1.29 is 4.74 Å². The summed E-state index contributed by atoms with van der Waals surface area (Å²) in [7, 11) is 0. The molecule has 0 amide bonds. The molecule has 0 atom stereocenters. The van der Waals surface area contributed by atoms with Gasteiger partial charge < -0.3 is 4.74 Å². The zero-order chi connectivity index (χ0) is 23.3. The van der Waals surface area contributed by atoms with E-state index in [1.165, 1.54) is 31.7 Å². The fourth-order valence-corrected chi connectivity index (χ4v) is 8.33. The van der Waals surface area contributed by atoms with E-state index >= 15 is 0 Å². The van der Waals surface area contributed by atoms with Gasteiger partial charge in [-0.1, -0.05) is 94.3 Å². The van der Waals surface area contributed by atoms with Crippen molar-refractivity contribution in [1.29, 1.82) is 0 Å². The molecule has 1 aliphatic heterocycles. The predicted octanol–water partition coefficient (Wildman–Crippen LogP) is 9.94. The van der Waals surface area contributed by atoms with Crippen molar-refractivity contribution in [3.8, 4) is 22.6 Å². The molecular formula is C31H16BrClOS. The molecule has 1 nitrogen and oxygen atoms in total. The van der Waals surface area contributed by atoms with Crippen molar-refractivity contribution >= 4 is 59.0 Å². The smallest absolute Gasteiger partial charge is 0.141 e. The Bertz CT molecular complexity index is 1820. The third-order valence-corrected chi connectivity index (χ3v) is 9.58. The van der Waals surface area contributed by atoms with Gasteiger partial charge in [0.1, 0.15) is 11.5 Å². The Hall–Kier alpha value is -3.11. The number of fused-ring (bicyclic) bond motifs is 13. The summed E-state index contributed by atoms with van der Waals surface area (Å²) in [5, 5.41) is 2.92. The number of benzene rings is 5. The van der Waals surface area contributed by atoms with Crippen LogP contribution in [0.25, 0.3) is 31.3 Å². The Balaban J connectivity index is 1.64. The molecule has 5 aromatic carbocycles. The summed E-state index contributed by atoms with van der Waals surface area (Å²) in [6, 6.07) is 34.5. The highest BCUT2D eigenvalue weighted by atomic mass is 79.9. The molecule has 35 heavy (non-hydrogen) atoms. The number of halogens is 2. The quantitative estimate of drug-likeness (QED) is 0.182. The normalized spacial score (nSPS) is 14.5. The highest BCUT2D eigenvalue weighted by molar-refractivity contribution is 9.10. The van der Waals surface area contributed by atoms with Crippen LogP contribution in [0.15, 0.2) is 102 Å². The second-order valence-electron chi connectivity index (χ2n) is 9.09. The van der Waals surface area contributed by atoms with E-state index in [0.717, 1.165) is 42.9 Å². The first-order chi connectivity index (χ1) is 17.2. The van der Waals surface area contributed by atoms with Gasteiger partial charge in [-0.3, -0.25) is 0 Å². The van der Waals surface area contributed by atoms with Crippen molar-refractivity contribution in [3.05, 3.63) is 129 Å². The monoisotopic (exact) mass is 550 g/mol. The molecule has 0 saturated carbocycles. The van der Waals surface area contributed by atoms with Gasteiger partial charge in [0, 0.05) is 35.8 Å². The molecule has 0 saturated heterocycles. The second kappa shape index (κ2) is 6.98. The SMILES string of the molecule is Clc1cccc2sc3ccc4c(c3c12)Oc1cccc(Br)c1C41c2ccccc2-c2ccccc21. The molecule has 4 heteroatoms. The summed E-state index contributed by atoms with van der Waals surface area (Å²) < 4.78 is 10.2. The van der Waals surface area contributed by atoms with E-state index in [4.69, 9.17) is 16.3 Å². The van der Waals surface area contributed by atoms with Crippen LogP contribution in [0.5, 0.6) is 11.5 Å². The van der Waals surface area contributed by atoms with E-state index < -0.39 is 5.41 Å². The number of ether oxygens (including phenoxy) is 1. The lowest BCUT2D eigenvalue weighted by molar-refractivity contribution is 0.441. The Kier molecular flexibility index (Phi) is 4.01. The minimum Gasteiger partial charge on any atom is -0.456 e. The summed E-state index contributed by atoms with van der Waals surface area (Å²) >= 11 is 12.5. The van der Waals surface area contributed by atoms with Crippen LogP contribution in [-0.2, 0) is 5.41 Å². The van der Waals surface area contributed by atoms with E-state index in [2.05, 4.69) is 94.8 Å². The van der Waals surface area contributed by atoms with Crippen molar-refractivity contribution in [2.45, 2.75) is 5.41 Å². The highest BCUT2D eigenvalue weighted by Gasteiger charge is 2.52. The minimum atomic E-state index is -0.500. The fraction of sp³-hybridized carbons (Fsp3) is 0.0323. The van der Waals surface area contributed by atoms with E-state index in [-0.39, 0.29) is 0 Å². The number of thiophene rings is 1. The molecule has 2 heterocycles. The maximum atomic E-state index is 6.83. The van der Waals surface area contributed by atoms with Crippen molar-refractivity contribution in [2.75, 3.05) is 0 Å². The molecule has 0 bridgehead atoms. The molecule has 0 N–H and O–H groups in total. The molecule has 1 aliphatic carbocycles. The average Bonchev–Trinajstić information content (AvgIpc) is 3.40. The lowest BCUT2D eigenvalue weighted by Gasteiger charge is -2.40. The molecule has 8 rings (SSSR count). The summed E-state index contributed by atoms with van der Waals surface area (Å²) in [6.07, 6.45) is 0. The first kappa shape index (κ1) is 20.1. The minimum absolute atomic E-state index is 0.500. The summed E-state index contributed by atoms with van der Waals surface area (Å²) in [5.74, 6) is 1.77. The molecule has 1 aromatic heterocycles. The summed E-state index contributed by atoms with van der Waals surface area (Å²) in [6.45, 7) is 0. The van der Waals surface area contributed by atoms with Crippen LogP contribution < -0.4 is 4.74 Å². The maximum Gasteiger partial charge on any atom is 0.141 e. The maximum absolute atomic E-state index is 6.83. The zero-order valence-corrected chi connectivity index (χ0v) is 21.5. The van der Waals surface area contributed by atoms with Gasteiger partial charge in [-0.05, 0) is 52.6 Å². The molecule has 0 fully saturated rings. The lowest BCUT2D eigenvalue weighted by atomic mass is 9.66. The number of hydrogen-bond donors (Lipinski definition) is 0. The lowest BCUT2D eigenvalue weighted by Crippen LogP contribution is -2.32. The molecule has 2 aliphatic rings. The van der Waals surface area contributed by atoms with Gasteiger partial charge in [0.05, 0.1) is 10.4 Å². The van der Waals surface area contributed by atoms with Gasteiger partial charge >= 0.3 is 0 Å². The van der Waals surface area contributed by atoms with Gasteiger partial charge in [0.25, 0.3) is 0 Å². The standard InChI is InChI=1S/C31H16BrClOS/c32-22-11-5-13-24-29(22)31(19-9-3-1-7-17(19)18-8-2-4-10-20(18)31)21-15-16-26-28(30(21)34-24)27-23(33)12-6-14-25(27)35-26/h1-16H. The van der Waals surface area contributed by atoms with Gasteiger partial charge in [0.2, 0.25) is 0 Å². The first-order valence-electron chi connectivity index (χ1n) is 11.5. The van der Waals surface area contributed by atoms with Gasteiger partial charge in [-0.25, -0.2) is 0 Å². The topological polar surface area (TPSA) is 9.23 Å². The summed E-state index contributed by atoms with van der Waals surface area (Å²) in [4.78, 5) is 0. The van der Waals surface area contributed by atoms with E-state index in [1.807, 2.05) is 18.2 Å². The van der Waals surface area contributed by atoms with Gasteiger partial charge in [0.15, 0.2) is 0 Å². The molecule has 1 spiro atoms. The molecule has 0 radical (unpaired) electrons. The summed E-state index contributed by atoms with van der Waals surface area (Å²) in [5.41, 5.74) is 6.90. The molecule has 166 valence electrons. The molecule has 0 unspecified atom stereocenters. The third-order valence-electron chi connectivity index (χ3n) is 7.48. The molecule has 6 aromatic rings. The first-order valence-corrected chi connectivity index (χ1v) is 13.5. The Morgan fingerprint density at radius 3 is 2.11 bits per heavy atom. The van der Waals surface area contributed by atoms with Crippen molar-refractivity contribution in [3.63, 3.8) is 0 Å². The average molecular weight is 552 g/mol. The highest BCUT2D eigenvalue weighted by Crippen LogP contribution is 2.64. The third kappa shape index (κ3) is 2.39. The van der Waals surface area contributed by atoms with E-state index in [0.29, 0.717) is 0 Å². The van der Waals surface area contributed by atoms with Gasteiger partial charge in [-0.2, -0.15) is 0 Å².